The Morgan fingerprint density at radius 2 is 1.96 bits per heavy atom. The second-order valence-corrected chi connectivity index (χ2v) is 7.50. The first-order valence-electron chi connectivity index (χ1n) is 9.31. The second-order valence-electron chi connectivity index (χ2n) is 7.50. The Morgan fingerprint density at radius 3 is 2.60 bits per heavy atom. The van der Waals surface area contributed by atoms with Gasteiger partial charge in [0.1, 0.15) is 5.82 Å². The number of amides is 2. The zero-order valence-corrected chi connectivity index (χ0v) is 15.0. The molecule has 2 saturated heterocycles. The Bertz CT molecular complexity index is 608. The smallest absolute Gasteiger partial charge is 0.255 e. The molecule has 1 aromatic rings. The molecule has 2 fully saturated rings. The van der Waals surface area contributed by atoms with E-state index in [0.29, 0.717) is 23.8 Å². The number of carbonyl (C=O) groups is 2. The lowest BCUT2D eigenvalue weighted by Gasteiger charge is -2.33. The summed E-state index contributed by atoms with van der Waals surface area (Å²) in [5, 5.41) is 0. The van der Waals surface area contributed by atoms with Gasteiger partial charge in [-0.25, -0.2) is 4.98 Å². The molecule has 0 saturated carbocycles. The molecule has 0 aromatic carbocycles. The van der Waals surface area contributed by atoms with Crippen LogP contribution in [-0.2, 0) is 4.79 Å². The Kier molecular flexibility index (Phi) is 5.56. The Labute approximate surface area is 149 Å². The van der Waals surface area contributed by atoms with Crippen LogP contribution in [0, 0.1) is 11.8 Å². The summed E-state index contributed by atoms with van der Waals surface area (Å²) in [7, 11) is 0. The molecule has 3 heterocycles. The minimum absolute atomic E-state index is 0.0798. The molecule has 2 amide bonds. The number of rotatable bonds is 4. The summed E-state index contributed by atoms with van der Waals surface area (Å²) in [6, 6.07) is 3.80. The molecule has 1 atom stereocenters. The molecule has 2 aliphatic rings. The zero-order chi connectivity index (χ0) is 17.8. The van der Waals surface area contributed by atoms with Crippen molar-refractivity contribution in [2.24, 2.45) is 17.6 Å². The Balaban J connectivity index is 1.61. The molecule has 6 nitrogen and oxygen atoms in total. The third-order valence-electron chi connectivity index (χ3n) is 5.40. The number of piperidine rings is 2. The van der Waals surface area contributed by atoms with Crippen LogP contribution in [0.2, 0.25) is 0 Å². The summed E-state index contributed by atoms with van der Waals surface area (Å²) in [6.07, 6.45) is 6.34. The summed E-state index contributed by atoms with van der Waals surface area (Å²) < 4.78 is 0. The molecular weight excluding hydrogens is 316 g/mol. The van der Waals surface area contributed by atoms with Crippen LogP contribution in [0.3, 0.4) is 0 Å². The van der Waals surface area contributed by atoms with Gasteiger partial charge in [-0.1, -0.05) is 6.92 Å². The summed E-state index contributed by atoms with van der Waals surface area (Å²) in [5.41, 5.74) is 5.98. The average molecular weight is 344 g/mol. The fourth-order valence-corrected chi connectivity index (χ4v) is 3.82. The first-order valence-corrected chi connectivity index (χ1v) is 9.31. The average Bonchev–Trinajstić information content (AvgIpc) is 2.62. The summed E-state index contributed by atoms with van der Waals surface area (Å²) >= 11 is 0. The number of nitrogens with two attached hydrogens (primary N) is 1. The highest BCUT2D eigenvalue weighted by molar-refractivity contribution is 5.94. The molecule has 0 radical (unpaired) electrons. The van der Waals surface area contributed by atoms with E-state index in [4.69, 9.17) is 5.73 Å². The maximum atomic E-state index is 12.6. The first-order chi connectivity index (χ1) is 12.0. The molecule has 2 aliphatic heterocycles. The predicted molar refractivity (Wildman–Crippen MR) is 97.3 cm³/mol. The minimum atomic E-state index is -0.239. The van der Waals surface area contributed by atoms with Gasteiger partial charge in [0.25, 0.3) is 5.91 Å². The highest BCUT2D eigenvalue weighted by Gasteiger charge is 2.24. The fourth-order valence-electron chi connectivity index (χ4n) is 3.82. The number of likely N-dealkylation sites (tertiary alicyclic amines) is 1. The molecule has 1 aromatic heterocycles. The fraction of sp³-hybridized carbons (Fsp3) is 0.632. The second kappa shape index (κ2) is 7.85. The number of hydrogen-bond donors (Lipinski definition) is 1. The minimum Gasteiger partial charge on any atom is -0.370 e. The number of aromatic nitrogens is 1. The van der Waals surface area contributed by atoms with Gasteiger partial charge in [-0.05, 0) is 49.7 Å². The standard InChI is InChI=1S/C19H28N4O2/c1-14-6-9-22(10-7-14)19(25)16-4-5-18(21-12-16)23-8-2-3-15(13-23)11-17(20)24/h4-5,12,14-15H,2-3,6-11,13H2,1H3,(H2,20,24). The van der Waals surface area contributed by atoms with Gasteiger partial charge in [0, 0.05) is 38.8 Å². The van der Waals surface area contributed by atoms with E-state index in [0.717, 1.165) is 57.7 Å². The van der Waals surface area contributed by atoms with E-state index >= 15 is 0 Å². The summed E-state index contributed by atoms with van der Waals surface area (Å²) in [5.74, 6) is 1.72. The maximum absolute atomic E-state index is 12.6. The van der Waals surface area contributed by atoms with Crippen molar-refractivity contribution in [3.8, 4) is 0 Å². The summed E-state index contributed by atoms with van der Waals surface area (Å²) in [4.78, 5) is 32.4. The third kappa shape index (κ3) is 4.50. The number of primary amides is 1. The van der Waals surface area contributed by atoms with Crippen LogP contribution in [0.5, 0.6) is 0 Å². The molecule has 25 heavy (non-hydrogen) atoms. The van der Waals surface area contributed by atoms with Crippen LogP contribution in [0.4, 0.5) is 5.82 Å². The third-order valence-corrected chi connectivity index (χ3v) is 5.40. The van der Waals surface area contributed by atoms with Crippen LogP contribution in [0.25, 0.3) is 0 Å². The molecule has 6 heteroatoms. The van der Waals surface area contributed by atoms with Crippen LogP contribution in [-0.4, -0.2) is 47.9 Å². The molecular formula is C19H28N4O2. The number of pyridine rings is 1. The van der Waals surface area contributed by atoms with E-state index in [1.54, 1.807) is 6.20 Å². The molecule has 1 unspecified atom stereocenters. The topological polar surface area (TPSA) is 79.5 Å². The van der Waals surface area contributed by atoms with E-state index in [9.17, 15) is 9.59 Å². The lowest BCUT2D eigenvalue weighted by Crippen LogP contribution is -2.38. The van der Waals surface area contributed by atoms with Gasteiger partial charge < -0.3 is 15.5 Å². The van der Waals surface area contributed by atoms with Crippen molar-refractivity contribution in [3.05, 3.63) is 23.9 Å². The van der Waals surface area contributed by atoms with E-state index in [2.05, 4.69) is 16.8 Å². The van der Waals surface area contributed by atoms with E-state index < -0.39 is 0 Å². The van der Waals surface area contributed by atoms with E-state index in [1.165, 1.54) is 0 Å². The molecule has 0 aliphatic carbocycles. The lowest BCUT2D eigenvalue weighted by molar-refractivity contribution is -0.118. The van der Waals surface area contributed by atoms with Crippen molar-refractivity contribution >= 4 is 17.6 Å². The van der Waals surface area contributed by atoms with Crippen LogP contribution in [0.15, 0.2) is 18.3 Å². The van der Waals surface area contributed by atoms with E-state index in [1.807, 2.05) is 17.0 Å². The SMILES string of the molecule is CC1CCN(C(=O)c2ccc(N3CCCC(CC(N)=O)C3)nc2)CC1. The largest absolute Gasteiger partial charge is 0.370 e. The summed E-state index contributed by atoms with van der Waals surface area (Å²) in [6.45, 7) is 5.64. The predicted octanol–water partition coefficient (Wildman–Crippen LogP) is 2.05. The highest BCUT2D eigenvalue weighted by Crippen LogP contribution is 2.24. The molecule has 0 spiro atoms. The molecule has 136 valence electrons. The maximum Gasteiger partial charge on any atom is 0.255 e. The quantitative estimate of drug-likeness (QED) is 0.906. The van der Waals surface area contributed by atoms with Gasteiger partial charge in [-0.3, -0.25) is 9.59 Å². The Hall–Kier alpha value is -2.11. The monoisotopic (exact) mass is 344 g/mol. The van der Waals surface area contributed by atoms with Crippen LogP contribution in [0.1, 0.15) is 49.4 Å². The van der Waals surface area contributed by atoms with Crippen molar-refractivity contribution < 1.29 is 9.59 Å². The van der Waals surface area contributed by atoms with Crippen molar-refractivity contribution in [1.29, 1.82) is 0 Å². The molecule has 0 bridgehead atoms. The van der Waals surface area contributed by atoms with Gasteiger partial charge in [-0.2, -0.15) is 0 Å². The van der Waals surface area contributed by atoms with Crippen molar-refractivity contribution in [1.82, 2.24) is 9.88 Å². The molecule has 3 rings (SSSR count). The number of nitrogens with zero attached hydrogens (tertiary/aromatic N) is 3. The van der Waals surface area contributed by atoms with Crippen molar-refractivity contribution in [2.45, 2.75) is 39.0 Å². The van der Waals surface area contributed by atoms with Gasteiger partial charge in [0.15, 0.2) is 0 Å². The zero-order valence-electron chi connectivity index (χ0n) is 15.0. The van der Waals surface area contributed by atoms with Crippen LogP contribution < -0.4 is 10.6 Å². The van der Waals surface area contributed by atoms with Crippen LogP contribution >= 0.6 is 0 Å². The normalized spacial score (nSPS) is 22.0. The van der Waals surface area contributed by atoms with Gasteiger partial charge in [0.2, 0.25) is 5.91 Å². The molecule has 2 N–H and O–H groups in total. The van der Waals surface area contributed by atoms with Gasteiger partial charge in [0.05, 0.1) is 5.56 Å². The van der Waals surface area contributed by atoms with E-state index in [-0.39, 0.29) is 11.8 Å². The number of carbonyl (C=O) groups excluding carboxylic acids is 2. The highest BCUT2D eigenvalue weighted by atomic mass is 16.2. The Morgan fingerprint density at radius 1 is 1.20 bits per heavy atom. The number of anilines is 1. The van der Waals surface area contributed by atoms with Gasteiger partial charge in [-0.15, -0.1) is 0 Å². The van der Waals surface area contributed by atoms with Crippen molar-refractivity contribution in [3.63, 3.8) is 0 Å². The van der Waals surface area contributed by atoms with Gasteiger partial charge >= 0.3 is 0 Å². The number of hydrogen-bond acceptors (Lipinski definition) is 4. The lowest BCUT2D eigenvalue weighted by atomic mass is 9.94. The van der Waals surface area contributed by atoms with Crippen molar-refractivity contribution in [2.75, 3.05) is 31.1 Å². The first kappa shape index (κ1) is 17.7.